The van der Waals surface area contributed by atoms with Gasteiger partial charge in [-0.15, -0.1) is 16.4 Å². The van der Waals surface area contributed by atoms with E-state index < -0.39 is 0 Å². The lowest BCUT2D eigenvalue weighted by Gasteiger charge is -2.34. The number of piperazine rings is 1. The number of hydrogen-bond acceptors (Lipinski definition) is 6. The van der Waals surface area contributed by atoms with E-state index in [4.69, 9.17) is 11.6 Å². The molecular formula is C17H23ClN6OS. The number of halogens is 1. The normalized spacial score (nSPS) is 19.8. The number of nitrogens with zero attached hydrogens (tertiary/aromatic N) is 5. The number of nitrogens with one attached hydrogen (secondary N) is 1. The molecule has 1 amide bonds. The summed E-state index contributed by atoms with van der Waals surface area (Å²) in [5, 5.41) is 11.7. The molecule has 0 atom stereocenters. The zero-order valence-corrected chi connectivity index (χ0v) is 16.2. The van der Waals surface area contributed by atoms with Crippen molar-refractivity contribution in [2.24, 2.45) is 0 Å². The minimum atomic E-state index is -0.0102. The van der Waals surface area contributed by atoms with Gasteiger partial charge in [-0.05, 0) is 38.1 Å². The molecule has 2 saturated heterocycles. The van der Waals surface area contributed by atoms with Gasteiger partial charge in [0.05, 0.1) is 16.6 Å². The van der Waals surface area contributed by atoms with Gasteiger partial charge < -0.3 is 10.2 Å². The largest absolute Gasteiger partial charge is 0.335 e. The second-order valence-corrected chi connectivity index (χ2v) is 8.64. The van der Waals surface area contributed by atoms with Gasteiger partial charge in [0.15, 0.2) is 5.69 Å². The Labute approximate surface area is 161 Å². The van der Waals surface area contributed by atoms with Gasteiger partial charge in [0.25, 0.3) is 5.91 Å². The fourth-order valence-corrected chi connectivity index (χ4v) is 4.68. The zero-order chi connectivity index (χ0) is 17.9. The monoisotopic (exact) mass is 394 g/mol. The van der Waals surface area contributed by atoms with Crippen LogP contribution in [0.25, 0.3) is 0 Å². The number of rotatable bonds is 4. The van der Waals surface area contributed by atoms with Crippen LogP contribution >= 0.6 is 22.9 Å². The maximum atomic E-state index is 12.7. The molecule has 0 radical (unpaired) electrons. The van der Waals surface area contributed by atoms with Crippen LogP contribution in [0.3, 0.4) is 0 Å². The lowest BCUT2D eigenvalue weighted by Crippen LogP contribution is -2.48. The number of aromatic nitrogens is 3. The van der Waals surface area contributed by atoms with Crippen molar-refractivity contribution in [2.75, 3.05) is 39.3 Å². The fraction of sp³-hybridized carbons (Fsp3) is 0.588. The molecule has 4 heterocycles. The van der Waals surface area contributed by atoms with E-state index in [1.165, 1.54) is 4.88 Å². The number of carbonyl (C=O) groups is 1. The van der Waals surface area contributed by atoms with Crippen LogP contribution in [0, 0.1) is 0 Å². The average Bonchev–Trinajstić information content (AvgIpc) is 3.32. The van der Waals surface area contributed by atoms with Crippen molar-refractivity contribution in [3.8, 4) is 0 Å². The number of hydrogen-bond donors (Lipinski definition) is 1. The lowest BCUT2D eigenvalue weighted by molar-refractivity contribution is 0.0623. The quantitative estimate of drug-likeness (QED) is 0.857. The van der Waals surface area contributed by atoms with Crippen LogP contribution in [-0.2, 0) is 6.54 Å². The van der Waals surface area contributed by atoms with E-state index in [9.17, 15) is 4.79 Å². The zero-order valence-electron chi connectivity index (χ0n) is 14.6. The fourth-order valence-electron chi connectivity index (χ4n) is 3.55. The van der Waals surface area contributed by atoms with Crippen LogP contribution in [0.5, 0.6) is 0 Å². The Balaban J connectivity index is 1.31. The molecule has 26 heavy (non-hydrogen) atoms. The molecule has 2 aliphatic rings. The Morgan fingerprint density at radius 3 is 2.69 bits per heavy atom. The molecule has 1 N–H and O–H groups in total. The topological polar surface area (TPSA) is 66.3 Å². The van der Waals surface area contributed by atoms with E-state index in [0.717, 1.165) is 63.0 Å². The molecule has 2 aromatic rings. The first-order valence-electron chi connectivity index (χ1n) is 9.07. The van der Waals surface area contributed by atoms with Crippen LogP contribution in [-0.4, -0.2) is 70.0 Å². The standard InChI is InChI=1S/C17H23ClN6OS/c18-16-2-1-14(26-16)11-22-7-9-23(10-8-22)17(25)15-12-24(21-20-15)13-3-5-19-6-4-13/h1-2,12-13,19H,3-11H2. The van der Waals surface area contributed by atoms with Gasteiger partial charge >= 0.3 is 0 Å². The van der Waals surface area contributed by atoms with Crippen LogP contribution in [0.15, 0.2) is 18.3 Å². The molecule has 4 rings (SSSR count). The van der Waals surface area contributed by atoms with E-state index in [2.05, 4.69) is 26.6 Å². The first kappa shape index (κ1) is 17.9. The Kier molecular flexibility index (Phi) is 5.54. The summed E-state index contributed by atoms with van der Waals surface area (Å²) >= 11 is 7.62. The average molecular weight is 395 g/mol. The molecule has 9 heteroatoms. The third-order valence-corrected chi connectivity index (χ3v) is 6.30. The summed E-state index contributed by atoms with van der Waals surface area (Å²) in [4.78, 5) is 18.2. The van der Waals surface area contributed by atoms with Gasteiger partial charge in [-0.25, -0.2) is 4.68 Å². The van der Waals surface area contributed by atoms with Crippen molar-refractivity contribution < 1.29 is 4.79 Å². The Bertz CT molecular complexity index is 748. The van der Waals surface area contributed by atoms with Crippen molar-refractivity contribution in [1.82, 2.24) is 30.1 Å². The second-order valence-electron chi connectivity index (χ2n) is 6.84. The number of amides is 1. The molecule has 140 valence electrons. The van der Waals surface area contributed by atoms with Crippen LogP contribution in [0.4, 0.5) is 0 Å². The van der Waals surface area contributed by atoms with Crippen LogP contribution in [0.1, 0.15) is 34.2 Å². The van der Waals surface area contributed by atoms with Gasteiger partial charge in [0.2, 0.25) is 0 Å². The molecule has 0 saturated carbocycles. The van der Waals surface area contributed by atoms with E-state index in [-0.39, 0.29) is 5.91 Å². The molecule has 2 fully saturated rings. The van der Waals surface area contributed by atoms with Crippen molar-refractivity contribution in [2.45, 2.75) is 25.4 Å². The van der Waals surface area contributed by atoms with E-state index in [1.54, 1.807) is 11.3 Å². The summed E-state index contributed by atoms with van der Waals surface area (Å²) < 4.78 is 2.69. The predicted molar refractivity (Wildman–Crippen MR) is 102 cm³/mol. The summed E-state index contributed by atoms with van der Waals surface area (Å²) in [6, 6.07) is 4.36. The molecule has 7 nitrogen and oxygen atoms in total. The summed E-state index contributed by atoms with van der Waals surface area (Å²) in [5.74, 6) is -0.0102. The van der Waals surface area contributed by atoms with E-state index >= 15 is 0 Å². The molecule has 0 unspecified atom stereocenters. The van der Waals surface area contributed by atoms with Crippen molar-refractivity contribution in [3.05, 3.63) is 33.2 Å². The predicted octanol–water partition coefficient (Wildman–Crippen LogP) is 1.88. The molecule has 0 aromatic carbocycles. The minimum Gasteiger partial charge on any atom is -0.335 e. The molecule has 0 aliphatic carbocycles. The number of carbonyl (C=O) groups excluding carboxylic acids is 1. The third-order valence-electron chi connectivity index (χ3n) is 5.08. The second kappa shape index (κ2) is 8.04. The van der Waals surface area contributed by atoms with Gasteiger partial charge in [0, 0.05) is 37.6 Å². The molecule has 0 bridgehead atoms. The SMILES string of the molecule is O=C(c1cn(C2CCNCC2)nn1)N1CCN(Cc2ccc(Cl)s2)CC1. The van der Waals surface area contributed by atoms with Crippen molar-refractivity contribution in [3.63, 3.8) is 0 Å². The molecule has 2 aliphatic heterocycles. The van der Waals surface area contributed by atoms with E-state index in [0.29, 0.717) is 11.7 Å². The maximum Gasteiger partial charge on any atom is 0.276 e. The summed E-state index contributed by atoms with van der Waals surface area (Å²) in [6.07, 6.45) is 3.88. The Morgan fingerprint density at radius 1 is 1.23 bits per heavy atom. The summed E-state index contributed by atoms with van der Waals surface area (Å²) in [7, 11) is 0. The van der Waals surface area contributed by atoms with Crippen molar-refractivity contribution in [1.29, 1.82) is 0 Å². The lowest BCUT2D eigenvalue weighted by atomic mass is 10.1. The summed E-state index contributed by atoms with van der Waals surface area (Å²) in [5.41, 5.74) is 0.460. The summed E-state index contributed by atoms with van der Waals surface area (Å²) in [6.45, 7) is 6.05. The van der Waals surface area contributed by atoms with E-state index in [1.807, 2.05) is 21.8 Å². The first-order chi connectivity index (χ1) is 12.7. The molecular weight excluding hydrogens is 372 g/mol. The van der Waals surface area contributed by atoms with Gasteiger partial charge in [-0.1, -0.05) is 16.8 Å². The van der Waals surface area contributed by atoms with Gasteiger partial charge in [-0.3, -0.25) is 9.69 Å². The number of piperidine rings is 1. The number of thiophene rings is 1. The van der Waals surface area contributed by atoms with Crippen molar-refractivity contribution >= 4 is 28.8 Å². The first-order valence-corrected chi connectivity index (χ1v) is 10.3. The molecule has 2 aromatic heterocycles. The minimum absolute atomic E-state index is 0.0102. The smallest absolute Gasteiger partial charge is 0.276 e. The van der Waals surface area contributed by atoms with Crippen LogP contribution < -0.4 is 5.32 Å². The maximum absolute atomic E-state index is 12.7. The highest BCUT2D eigenvalue weighted by Gasteiger charge is 2.25. The third kappa shape index (κ3) is 4.09. The van der Waals surface area contributed by atoms with Gasteiger partial charge in [0.1, 0.15) is 0 Å². The highest BCUT2D eigenvalue weighted by atomic mass is 35.5. The Morgan fingerprint density at radius 2 is 2.00 bits per heavy atom. The highest BCUT2D eigenvalue weighted by molar-refractivity contribution is 7.16. The Hall–Kier alpha value is -1.48. The van der Waals surface area contributed by atoms with Gasteiger partial charge in [-0.2, -0.15) is 0 Å². The highest BCUT2D eigenvalue weighted by Crippen LogP contribution is 2.23. The van der Waals surface area contributed by atoms with Crippen LogP contribution in [0.2, 0.25) is 4.34 Å². The molecule has 0 spiro atoms.